The Kier molecular flexibility index (Phi) is 6.13. The molecule has 1 amide bonds. The van der Waals surface area contributed by atoms with Gasteiger partial charge >= 0.3 is 0 Å². The van der Waals surface area contributed by atoms with Gasteiger partial charge in [0.1, 0.15) is 5.15 Å². The third kappa shape index (κ3) is 6.01. The molecule has 18 heavy (non-hydrogen) atoms. The number of aromatic nitrogens is 1. The summed E-state index contributed by atoms with van der Waals surface area (Å²) in [4.78, 5) is 15.3. The maximum Gasteiger partial charge on any atom is 0.224 e. The Hall–Kier alpha value is -1.09. The topological polar surface area (TPSA) is 42.0 Å². The van der Waals surface area contributed by atoms with Crippen LogP contribution in [0.2, 0.25) is 5.15 Å². The van der Waals surface area contributed by atoms with E-state index in [-0.39, 0.29) is 5.91 Å². The van der Waals surface area contributed by atoms with Gasteiger partial charge in [-0.05, 0) is 31.4 Å². The zero-order valence-corrected chi connectivity index (χ0v) is 12.0. The number of carbonyl (C=O) groups excluding carboxylic acids is 1. The van der Waals surface area contributed by atoms with Crippen LogP contribution in [0.25, 0.3) is 0 Å². The van der Waals surface area contributed by atoms with E-state index in [1.807, 2.05) is 13.8 Å². The number of hydrogen-bond donors (Lipinski definition) is 1. The first kappa shape index (κ1) is 15.0. The van der Waals surface area contributed by atoms with Crippen molar-refractivity contribution >= 4 is 23.2 Å². The smallest absolute Gasteiger partial charge is 0.224 e. The Morgan fingerprint density at radius 2 is 2.11 bits per heavy atom. The molecule has 0 unspecified atom stereocenters. The molecule has 0 spiro atoms. The monoisotopic (exact) mass is 268 g/mol. The highest BCUT2D eigenvalue weighted by Crippen LogP contribution is 2.26. The van der Waals surface area contributed by atoms with Gasteiger partial charge in [0, 0.05) is 6.42 Å². The van der Waals surface area contributed by atoms with Crippen molar-refractivity contribution in [1.29, 1.82) is 0 Å². The van der Waals surface area contributed by atoms with Crippen LogP contribution in [-0.4, -0.2) is 10.9 Å². The Bertz CT molecular complexity index is 403. The highest BCUT2D eigenvalue weighted by Gasteiger charge is 2.12. The fraction of sp³-hybridized carbons (Fsp3) is 0.571. The quantitative estimate of drug-likeness (QED) is 0.835. The lowest BCUT2D eigenvalue weighted by Gasteiger charge is -2.06. The van der Waals surface area contributed by atoms with Gasteiger partial charge in [-0.2, -0.15) is 0 Å². The highest BCUT2D eigenvalue weighted by molar-refractivity contribution is 6.29. The normalized spacial score (nSPS) is 13.6. The fourth-order valence-corrected chi connectivity index (χ4v) is 1.46. The summed E-state index contributed by atoms with van der Waals surface area (Å²) < 4.78 is 0. The molecule has 0 atom stereocenters. The van der Waals surface area contributed by atoms with E-state index in [4.69, 9.17) is 11.6 Å². The molecule has 1 heterocycles. The number of rotatable bonds is 3. The minimum Gasteiger partial charge on any atom is -0.325 e. The van der Waals surface area contributed by atoms with Crippen LogP contribution >= 0.6 is 11.6 Å². The van der Waals surface area contributed by atoms with E-state index < -0.39 is 0 Å². The lowest BCUT2D eigenvalue weighted by atomic mass is 10.3. The summed E-state index contributed by atoms with van der Waals surface area (Å²) in [5.74, 6) is 1.10. The second-order valence-corrected chi connectivity index (χ2v) is 5.13. The zero-order chi connectivity index (χ0) is 13.5. The van der Waals surface area contributed by atoms with Crippen molar-refractivity contribution in [2.45, 2.75) is 46.5 Å². The van der Waals surface area contributed by atoms with Gasteiger partial charge in [-0.3, -0.25) is 4.79 Å². The largest absolute Gasteiger partial charge is 0.325 e. The molecule has 0 aromatic carbocycles. The van der Waals surface area contributed by atoms with Gasteiger partial charge < -0.3 is 5.32 Å². The third-order valence-electron chi connectivity index (χ3n) is 2.67. The molecule has 0 saturated heterocycles. The minimum atomic E-state index is 0.0136. The molecule has 1 saturated carbocycles. The molecule has 1 fully saturated rings. The van der Waals surface area contributed by atoms with Gasteiger partial charge in [-0.1, -0.05) is 38.3 Å². The molecule has 1 aliphatic rings. The zero-order valence-electron chi connectivity index (χ0n) is 11.3. The number of nitrogens with one attached hydrogen (secondary N) is 1. The maximum atomic E-state index is 11.3. The molecular formula is C14H21ClN2O. The van der Waals surface area contributed by atoms with E-state index in [1.165, 1.54) is 12.8 Å². The van der Waals surface area contributed by atoms with Crippen molar-refractivity contribution in [2.75, 3.05) is 5.32 Å². The van der Waals surface area contributed by atoms with Crippen LogP contribution in [0.3, 0.4) is 0 Å². The van der Waals surface area contributed by atoms with Crippen LogP contribution in [-0.2, 0) is 4.79 Å². The second-order valence-electron chi connectivity index (χ2n) is 4.75. The predicted octanol–water partition coefficient (Wildman–Crippen LogP) is 4.20. The summed E-state index contributed by atoms with van der Waals surface area (Å²) >= 11 is 5.69. The first-order valence-electron chi connectivity index (χ1n) is 6.46. The summed E-state index contributed by atoms with van der Waals surface area (Å²) in [5.41, 5.74) is 1.47. The average molecular weight is 269 g/mol. The number of pyridine rings is 1. The van der Waals surface area contributed by atoms with Crippen LogP contribution in [0.5, 0.6) is 0 Å². The first-order valence-corrected chi connectivity index (χ1v) is 6.83. The summed E-state index contributed by atoms with van der Waals surface area (Å²) in [5, 5.41) is 3.22. The van der Waals surface area contributed by atoms with Crippen molar-refractivity contribution < 1.29 is 4.79 Å². The minimum absolute atomic E-state index is 0.0136. The van der Waals surface area contributed by atoms with Crippen LogP contribution in [0.4, 0.5) is 5.69 Å². The molecule has 100 valence electrons. The van der Waals surface area contributed by atoms with E-state index in [0.717, 1.165) is 23.7 Å². The molecule has 1 aliphatic carbocycles. The number of nitrogens with zero attached hydrogens (tertiary/aromatic N) is 1. The molecule has 1 aromatic heterocycles. The number of hydrogen-bond acceptors (Lipinski definition) is 2. The summed E-state index contributed by atoms with van der Waals surface area (Å²) in [6.45, 7) is 6.06. The highest BCUT2D eigenvalue weighted by atomic mass is 35.5. The van der Waals surface area contributed by atoms with Gasteiger partial charge in [0.05, 0.1) is 11.4 Å². The number of halogens is 1. The van der Waals surface area contributed by atoms with Crippen LogP contribution in [0, 0.1) is 12.8 Å². The fourth-order valence-electron chi connectivity index (χ4n) is 1.27. The molecule has 1 aromatic rings. The van der Waals surface area contributed by atoms with Gasteiger partial charge in [0.15, 0.2) is 0 Å². The summed E-state index contributed by atoms with van der Waals surface area (Å²) in [6.07, 6.45) is 4.34. The predicted molar refractivity (Wildman–Crippen MR) is 75.9 cm³/mol. The molecule has 0 radical (unpaired) electrons. The Morgan fingerprint density at radius 3 is 2.56 bits per heavy atom. The SMILES string of the molecule is CC1CC1.CCCC(=O)Nc1ccc(Cl)nc1C. The molecule has 0 bridgehead atoms. The van der Waals surface area contributed by atoms with Gasteiger partial charge in [0.2, 0.25) is 5.91 Å². The van der Waals surface area contributed by atoms with E-state index in [2.05, 4.69) is 17.2 Å². The van der Waals surface area contributed by atoms with E-state index >= 15 is 0 Å². The number of anilines is 1. The van der Waals surface area contributed by atoms with E-state index in [9.17, 15) is 4.79 Å². The van der Waals surface area contributed by atoms with Crippen LogP contribution in [0.15, 0.2) is 12.1 Å². The van der Waals surface area contributed by atoms with Crippen molar-refractivity contribution in [3.63, 3.8) is 0 Å². The second kappa shape index (κ2) is 7.37. The standard InChI is InChI=1S/C10H13ClN2O.C4H8/c1-3-4-10(14)13-8-5-6-9(11)12-7(8)2;1-4-2-3-4/h5-6H,3-4H2,1-2H3,(H,13,14);4H,2-3H2,1H3. The van der Waals surface area contributed by atoms with Gasteiger partial charge in [-0.25, -0.2) is 4.98 Å². The van der Waals surface area contributed by atoms with Crippen molar-refractivity contribution in [2.24, 2.45) is 5.92 Å². The lowest BCUT2D eigenvalue weighted by molar-refractivity contribution is -0.116. The Balaban J connectivity index is 0.000000341. The average Bonchev–Trinajstić information content (AvgIpc) is 3.06. The number of carbonyl (C=O) groups is 1. The van der Waals surface area contributed by atoms with Crippen LogP contribution < -0.4 is 5.32 Å². The van der Waals surface area contributed by atoms with E-state index in [0.29, 0.717) is 11.6 Å². The van der Waals surface area contributed by atoms with Crippen molar-refractivity contribution in [3.05, 3.63) is 23.0 Å². The molecular weight excluding hydrogens is 248 g/mol. The molecule has 2 rings (SSSR count). The molecule has 0 aliphatic heterocycles. The molecule has 4 heteroatoms. The molecule has 3 nitrogen and oxygen atoms in total. The van der Waals surface area contributed by atoms with Crippen molar-refractivity contribution in [1.82, 2.24) is 4.98 Å². The molecule has 1 N–H and O–H groups in total. The number of aryl methyl sites for hydroxylation is 1. The summed E-state index contributed by atoms with van der Waals surface area (Å²) in [6, 6.07) is 3.42. The number of amides is 1. The maximum absolute atomic E-state index is 11.3. The Morgan fingerprint density at radius 1 is 1.50 bits per heavy atom. The first-order chi connectivity index (χ1) is 8.52. The lowest BCUT2D eigenvalue weighted by Crippen LogP contribution is -2.11. The van der Waals surface area contributed by atoms with Gasteiger partial charge in [0.25, 0.3) is 0 Å². The van der Waals surface area contributed by atoms with Crippen molar-refractivity contribution in [3.8, 4) is 0 Å². The summed E-state index contributed by atoms with van der Waals surface area (Å²) in [7, 11) is 0. The van der Waals surface area contributed by atoms with Gasteiger partial charge in [-0.15, -0.1) is 0 Å². The van der Waals surface area contributed by atoms with E-state index in [1.54, 1.807) is 12.1 Å². The Labute approximate surface area is 114 Å². The third-order valence-corrected chi connectivity index (χ3v) is 2.88. The van der Waals surface area contributed by atoms with Crippen LogP contribution in [0.1, 0.15) is 45.2 Å².